The lowest BCUT2D eigenvalue weighted by Crippen LogP contribution is -2.11. The van der Waals surface area contributed by atoms with Crippen LogP contribution in [0, 0.1) is 0 Å². The lowest BCUT2D eigenvalue weighted by Gasteiger charge is -2.02. The molecule has 5 heteroatoms. The molecule has 1 heterocycles. The number of rotatable bonds is 3. The first-order valence-corrected chi connectivity index (χ1v) is 3.68. The second-order valence-electron chi connectivity index (χ2n) is 2.66. The zero-order chi connectivity index (χ0) is 9.14. The van der Waals surface area contributed by atoms with Crippen LogP contribution in [0.3, 0.4) is 0 Å². The summed E-state index contributed by atoms with van der Waals surface area (Å²) in [7, 11) is 1.51. The van der Waals surface area contributed by atoms with Crippen molar-refractivity contribution in [3.8, 4) is 5.88 Å². The number of methoxy groups -OCH3 is 1. The van der Waals surface area contributed by atoms with E-state index < -0.39 is 6.10 Å². The number of aromatic nitrogens is 2. The van der Waals surface area contributed by atoms with E-state index in [1.807, 2.05) is 0 Å². The molecule has 0 radical (unpaired) electrons. The predicted octanol–water partition coefficient (Wildman–Crippen LogP) is -0.145. The van der Waals surface area contributed by atoms with Crippen molar-refractivity contribution in [3.05, 3.63) is 6.20 Å². The average molecular weight is 171 g/mol. The molecule has 0 aromatic carbocycles. The van der Waals surface area contributed by atoms with E-state index in [-0.39, 0.29) is 0 Å². The van der Waals surface area contributed by atoms with E-state index in [4.69, 9.17) is 15.6 Å². The van der Waals surface area contributed by atoms with Gasteiger partial charge in [-0.25, -0.2) is 0 Å². The fourth-order valence-corrected chi connectivity index (χ4v) is 0.942. The molecule has 3 N–H and O–H groups in total. The van der Waals surface area contributed by atoms with Crippen molar-refractivity contribution in [2.75, 3.05) is 12.8 Å². The molecule has 0 aliphatic heterocycles. The third kappa shape index (κ3) is 1.88. The smallest absolute Gasteiger partial charge is 0.256 e. The molecule has 0 bridgehead atoms. The molecule has 0 unspecified atom stereocenters. The van der Waals surface area contributed by atoms with Crippen LogP contribution in [0.15, 0.2) is 6.20 Å². The second-order valence-corrected chi connectivity index (χ2v) is 2.66. The number of aliphatic hydroxyl groups is 1. The Hall–Kier alpha value is -1.23. The Morgan fingerprint density at radius 2 is 2.50 bits per heavy atom. The minimum Gasteiger partial charge on any atom is -0.478 e. The van der Waals surface area contributed by atoms with Gasteiger partial charge in [-0.2, -0.15) is 0 Å². The Morgan fingerprint density at radius 3 is 2.92 bits per heavy atom. The Labute approximate surface area is 70.7 Å². The van der Waals surface area contributed by atoms with Crippen LogP contribution in [0.2, 0.25) is 0 Å². The van der Waals surface area contributed by atoms with Gasteiger partial charge in [-0.1, -0.05) is 0 Å². The molecular formula is C7H13N3O2. The molecule has 1 aromatic rings. The zero-order valence-corrected chi connectivity index (χ0v) is 7.19. The predicted molar refractivity (Wildman–Crippen MR) is 44.9 cm³/mol. The molecule has 0 aliphatic carbocycles. The van der Waals surface area contributed by atoms with E-state index in [1.165, 1.54) is 7.11 Å². The van der Waals surface area contributed by atoms with Gasteiger partial charge in [0.15, 0.2) is 0 Å². The molecule has 1 rings (SSSR count). The Kier molecular flexibility index (Phi) is 2.54. The Bertz CT molecular complexity index is 257. The fraction of sp³-hybridized carbons (Fsp3) is 0.571. The SMILES string of the molecule is COc1nn(C[C@@H](C)O)cc1N. The number of nitrogens with zero attached hydrogens (tertiary/aromatic N) is 2. The third-order valence-electron chi connectivity index (χ3n) is 1.40. The van der Waals surface area contributed by atoms with Crippen LogP contribution in [0.4, 0.5) is 5.69 Å². The molecule has 1 atom stereocenters. The van der Waals surface area contributed by atoms with Gasteiger partial charge in [0.25, 0.3) is 5.88 Å². The van der Waals surface area contributed by atoms with Crippen molar-refractivity contribution in [2.24, 2.45) is 0 Å². The van der Waals surface area contributed by atoms with Gasteiger partial charge in [0.05, 0.1) is 26.0 Å². The van der Waals surface area contributed by atoms with E-state index in [1.54, 1.807) is 17.8 Å². The summed E-state index contributed by atoms with van der Waals surface area (Å²) < 4.78 is 6.42. The van der Waals surface area contributed by atoms with Gasteiger partial charge in [-0.05, 0) is 6.92 Å². The first kappa shape index (κ1) is 8.86. The maximum absolute atomic E-state index is 9.04. The van der Waals surface area contributed by atoms with Crippen LogP contribution in [0.25, 0.3) is 0 Å². The van der Waals surface area contributed by atoms with Crippen LogP contribution < -0.4 is 10.5 Å². The van der Waals surface area contributed by atoms with Gasteiger partial charge < -0.3 is 15.6 Å². The molecule has 0 fully saturated rings. The summed E-state index contributed by atoms with van der Waals surface area (Å²) in [5.74, 6) is 0.399. The van der Waals surface area contributed by atoms with E-state index in [0.29, 0.717) is 18.1 Å². The third-order valence-corrected chi connectivity index (χ3v) is 1.40. The van der Waals surface area contributed by atoms with Crippen molar-refractivity contribution in [1.29, 1.82) is 0 Å². The van der Waals surface area contributed by atoms with Crippen molar-refractivity contribution in [2.45, 2.75) is 19.6 Å². The molecule has 0 amide bonds. The molecule has 12 heavy (non-hydrogen) atoms. The first-order chi connectivity index (χ1) is 5.63. The summed E-state index contributed by atoms with van der Waals surface area (Å²) in [5.41, 5.74) is 6.02. The highest BCUT2D eigenvalue weighted by molar-refractivity contribution is 5.45. The molecule has 0 saturated heterocycles. The van der Waals surface area contributed by atoms with Gasteiger partial charge >= 0.3 is 0 Å². The summed E-state index contributed by atoms with van der Waals surface area (Å²) in [6, 6.07) is 0. The second kappa shape index (κ2) is 3.44. The highest BCUT2D eigenvalue weighted by Crippen LogP contribution is 2.16. The number of nitrogen functional groups attached to an aromatic ring is 1. The van der Waals surface area contributed by atoms with Gasteiger partial charge in [0, 0.05) is 0 Å². The van der Waals surface area contributed by atoms with E-state index >= 15 is 0 Å². The van der Waals surface area contributed by atoms with E-state index in [0.717, 1.165) is 0 Å². The standard InChI is InChI=1S/C7H13N3O2/c1-5(11)3-10-4-6(8)7(9-10)12-2/h4-5,11H,3,8H2,1-2H3/t5-/m1/s1. The minimum absolute atomic E-state index is 0.399. The number of aliphatic hydroxyl groups excluding tert-OH is 1. The summed E-state index contributed by atoms with van der Waals surface area (Å²) in [6.07, 6.45) is 1.19. The molecular weight excluding hydrogens is 158 g/mol. The summed E-state index contributed by atoms with van der Waals surface area (Å²) >= 11 is 0. The number of nitrogens with two attached hydrogens (primary N) is 1. The number of anilines is 1. The molecule has 5 nitrogen and oxygen atoms in total. The number of hydrogen-bond acceptors (Lipinski definition) is 4. The van der Waals surface area contributed by atoms with Crippen LogP contribution >= 0.6 is 0 Å². The monoisotopic (exact) mass is 171 g/mol. The highest BCUT2D eigenvalue weighted by Gasteiger charge is 2.06. The van der Waals surface area contributed by atoms with Gasteiger partial charge in [0.2, 0.25) is 0 Å². The van der Waals surface area contributed by atoms with Crippen LogP contribution in [0.1, 0.15) is 6.92 Å². The fourth-order valence-electron chi connectivity index (χ4n) is 0.942. The summed E-state index contributed by atoms with van der Waals surface area (Å²) in [6.45, 7) is 2.11. The average Bonchev–Trinajstić information content (AvgIpc) is 2.29. The van der Waals surface area contributed by atoms with Crippen molar-refractivity contribution < 1.29 is 9.84 Å². The lowest BCUT2D eigenvalue weighted by atomic mass is 10.4. The first-order valence-electron chi connectivity index (χ1n) is 3.68. The highest BCUT2D eigenvalue weighted by atomic mass is 16.5. The quantitative estimate of drug-likeness (QED) is 0.663. The van der Waals surface area contributed by atoms with Crippen molar-refractivity contribution in [3.63, 3.8) is 0 Å². The Balaban J connectivity index is 2.75. The minimum atomic E-state index is -0.436. The van der Waals surface area contributed by atoms with Crippen LogP contribution in [-0.2, 0) is 6.54 Å². The van der Waals surface area contributed by atoms with Crippen LogP contribution in [-0.4, -0.2) is 28.1 Å². The van der Waals surface area contributed by atoms with E-state index in [2.05, 4.69) is 5.10 Å². The lowest BCUT2D eigenvalue weighted by molar-refractivity contribution is 0.167. The topological polar surface area (TPSA) is 73.3 Å². The van der Waals surface area contributed by atoms with Gasteiger partial charge in [0.1, 0.15) is 5.69 Å². The van der Waals surface area contributed by atoms with E-state index in [9.17, 15) is 0 Å². The van der Waals surface area contributed by atoms with Crippen LogP contribution in [0.5, 0.6) is 5.88 Å². The Morgan fingerprint density at radius 1 is 1.83 bits per heavy atom. The largest absolute Gasteiger partial charge is 0.478 e. The zero-order valence-electron chi connectivity index (χ0n) is 7.19. The molecule has 68 valence electrons. The number of hydrogen-bond donors (Lipinski definition) is 2. The van der Waals surface area contributed by atoms with Gasteiger partial charge in [-0.3, -0.25) is 4.68 Å². The van der Waals surface area contributed by atoms with Crippen molar-refractivity contribution in [1.82, 2.24) is 9.78 Å². The van der Waals surface area contributed by atoms with Gasteiger partial charge in [-0.15, -0.1) is 5.10 Å². The summed E-state index contributed by atoms with van der Waals surface area (Å²) in [4.78, 5) is 0. The summed E-state index contributed by atoms with van der Waals surface area (Å²) in [5, 5.41) is 13.0. The molecule has 0 saturated carbocycles. The molecule has 0 spiro atoms. The van der Waals surface area contributed by atoms with Crippen molar-refractivity contribution >= 4 is 5.69 Å². The number of ether oxygens (including phenoxy) is 1. The molecule has 0 aliphatic rings. The molecule has 1 aromatic heterocycles. The maximum Gasteiger partial charge on any atom is 0.256 e. The maximum atomic E-state index is 9.04. The normalized spacial score (nSPS) is 12.9.